The van der Waals surface area contributed by atoms with E-state index in [2.05, 4.69) is 204 Å². The molecule has 226 valence electrons. The van der Waals surface area contributed by atoms with Crippen molar-refractivity contribution < 1.29 is 0 Å². The van der Waals surface area contributed by atoms with Gasteiger partial charge in [0.15, 0.2) is 0 Å². The van der Waals surface area contributed by atoms with Crippen molar-refractivity contribution in [2.24, 2.45) is 0 Å². The molecular weight excluding hydrogens is 581 g/mol. The fourth-order valence-corrected chi connectivity index (χ4v) is 7.15. The summed E-state index contributed by atoms with van der Waals surface area (Å²) in [5.41, 5.74) is 6.78. The third-order valence-corrected chi connectivity index (χ3v) is 9.34. The molecule has 0 bridgehead atoms. The van der Waals surface area contributed by atoms with Crippen molar-refractivity contribution in [3.63, 3.8) is 0 Å². The zero-order valence-corrected chi connectivity index (χ0v) is 26.4. The molecule has 9 aromatic carbocycles. The molecule has 0 unspecified atom stereocenters. The minimum Gasteiger partial charge on any atom is -0.310 e. The second kappa shape index (κ2) is 11.8. The number of anilines is 6. The average molecular weight is 613 g/mol. The molecule has 0 radical (unpaired) electrons. The van der Waals surface area contributed by atoms with Crippen LogP contribution in [0.15, 0.2) is 194 Å². The van der Waals surface area contributed by atoms with Crippen LogP contribution in [-0.4, -0.2) is 0 Å². The van der Waals surface area contributed by atoms with Crippen LogP contribution in [0.4, 0.5) is 34.1 Å². The van der Waals surface area contributed by atoms with E-state index in [0.717, 1.165) is 34.1 Å². The zero-order valence-electron chi connectivity index (χ0n) is 26.4. The van der Waals surface area contributed by atoms with Crippen LogP contribution < -0.4 is 9.80 Å². The first-order valence-corrected chi connectivity index (χ1v) is 16.4. The number of hydrogen-bond acceptors (Lipinski definition) is 2. The van der Waals surface area contributed by atoms with Crippen LogP contribution >= 0.6 is 0 Å². The van der Waals surface area contributed by atoms with Crippen LogP contribution in [0, 0.1) is 0 Å². The minimum atomic E-state index is 1.13. The van der Waals surface area contributed by atoms with Crippen LogP contribution in [0.2, 0.25) is 0 Å². The lowest BCUT2D eigenvalue weighted by Gasteiger charge is -2.26. The number of nitrogens with zero attached hydrogens (tertiary/aromatic N) is 2. The standard InChI is InChI=1S/C46H32N2/c1-5-13-37(14-6-1)47(38-15-7-2-8-16-38)41-29-27-33-21-23-35-25-26-36-24-22-34-28-30-42(32-44(34)46(36)45(35)43(33)31-41)48(39-17-9-3-10-18-39)40-19-11-4-12-20-40/h1-32H. The van der Waals surface area contributed by atoms with E-state index in [-0.39, 0.29) is 0 Å². The van der Waals surface area contributed by atoms with Crippen LogP contribution in [-0.2, 0) is 0 Å². The monoisotopic (exact) mass is 612 g/mol. The maximum absolute atomic E-state index is 2.38. The molecule has 0 heterocycles. The lowest BCUT2D eigenvalue weighted by atomic mass is 9.92. The van der Waals surface area contributed by atoms with Crippen LogP contribution in [0.3, 0.4) is 0 Å². The predicted molar refractivity (Wildman–Crippen MR) is 206 cm³/mol. The number of fused-ring (bicyclic) bond motifs is 7. The topological polar surface area (TPSA) is 6.48 Å². The molecule has 48 heavy (non-hydrogen) atoms. The Balaban J connectivity index is 1.32. The Morgan fingerprint density at radius 1 is 0.229 bits per heavy atom. The van der Waals surface area contributed by atoms with Gasteiger partial charge in [-0.05, 0) is 116 Å². The van der Waals surface area contributed by atoms with Gasteiger partial charge < -0.3 is 9.80 Å². The Morgan fingerprint density at radius 2 is 0.500 bits per heavy atom. The van der Waals surface area contributed by atoms with Crippen molar-refractivity contribution in [2.45, 2.75) is 0 Å². The summed E-state index contributed by atoms with van der Waals surface area (Å²) >= 11 is 0. The minimum absolute atomic E-state index is 1.13. The maximum Gasteiger partial charge on any atom is 0.0468 e. The van der Waals surface area contributed by atoms with Crippen molar-refractivity contribution >= 4 is 77.2 Å². The molecule has 0 atom stereocenters. The van der Waals surface area contributed by atoms with E-state index in [4.69, 9.17) is 0 Å². The Kier molecular flexibility index (Phi) is 6.84. The van der Waals surface area contributed by atoms with Gasteiger partial charge in [0.05, 0.1) is 0 Å². The second-order valence-electron chi connectivity index (χ2n) is 12.2. The molecule has 0 amide bonds. The fourth-order valence-electron chi connectivity index (χ4n) is 7.15. The van der Waals surface area contributed by atoms with Crippen LogP contribution in [0.5, 0.6) is 0 Å². The summed E-state index contributed by atoms with van der Waals surface area (Å²) in [6, 6.07) is 69.9. The molecule has 0 N–H and O–H groups in total. The van der Waals surface area contributed by atoms with E-state index in [1.54, 1.807) is 0 Å². The molecule has 0 spiro atoms. The zero-order chi connectivity index (χ0) is 31.9. The largest absolute Gasteiger partial charge is 0.310 e. The predicted octanol–water partition coefficient (Wildman–Crippen LogP) is 13.2. The lowest BCUT2D eigenvalue weighted by molar-refractivity contribution is 1.29. The summed E-state index contributed by atoms with van der Waals surface area (Å²) < 4.78 is 0. The highest BCUT2D eigenvalue weighted by Crippen LogP contribution is 2.43. The summed E-state index contributed by atoms with van der Waals surface area (Å²) in [6.45, 7) is 0. The summed E-state index contributed by atoms with van der Waals surface area (Å²) in [5.74, 6) is 0. The van der Waals surface area contributed by atoms with Gasteiger partial charge in [-0.15, -0.1) is 0 Å². The normalized spacial score (nSPS) is 11.3. The maximum atomic E-state index is 2.38. The molecule has 0 fully saturated rings. The Hall–Kier alpha value is -6.38. The highest BCUT2D eigenvalue weighted by Gasteiger charge is 2.17. The smallest absolute Gasteiger partial charge is 0.0468 e. The summed E-state index contributed by atoms with van der Waals surface area (Å²) in [4.78, 5) is 4.69. The second-order valence-corrected chi connectivity index (χ2v) is 12.2. The molecule has 2 heteroatoms. The molecule has 2 nitrogen and oxygen atoms in total. The first-order valence-electron chi connectivity index (χ1n) is 16.4. The van der Waals surface area contributed by atoms with Crippen LogP contribution in [0.1, 0.15) is 0 Å². The van der Waals surface area contributed by atoms with Gasteiger partial charge in [0, 0.05) is 34.1 Å². The van der Waals surface area contributed by atoms with Crippen molar-refractivity contribution in [3.05, 3.63) is 194 Å². The number of rotatable bonds is 6. The molecular formula is C46H32N2. The van der Waals surface area contributed by atoms with Gasteiger partial charge in [-0.2, -0.15) is 0 Å². The summed E-state index contributed by atoms with van der Waals surface area (Å²) in [6.07, 6.45) is 0. The third-order valence-electron chi connectivity index (χ3n) is 9.34. The van der Waals surface area contributed by atoms with Gasteiger partial charge in [0.2, 0.25) is 0 Å². The molecule has 9 rings (SSSR count). The Morgan fingerprint density at radius 3 is 0.812 bits per heavy atom. The van der Waals surface area contributed by atoms with Gasteiger partial charge in [-0.25, -0.2) is 0 Å². The first-order chi connectivity index (χ1) is 23.8. The Bertz CT molecular complexity index is 2270. The molecule has 0 aromatic heterocycles. The molecule has 0 aliphatic heterocycles. The number of benzene rings is 9. The van der Waals surface area contributed by atoms with E-state index in [0.29, 0.717) is 0 Å². The first kappa shape index (κ1) is 27.9. The number of para-hydroxylation sites is 4. The molecule has 0 saturated carbocycles. The van der Waals surface area contributed by atoms with Gasteiger partial charge in [0.25, 0.3) is 0 Å². The van der Waals surface area contributed by atoms with E-state index in [1.165, 1.54) is 43.1 Å². The van der Waals surface area contributed by atoms with Gasteiger partial charge in [-0.3, -0.25) is 0 Å². The lowest BCUT2D eigenvalue weighted by Crippen LogP contribution is -2.09. The van der Waals surface area contributed by atoms with Gasteiger partial charge in [-0.1, -0.05) is 121 Å². The van der Waals surface area contributed by atoms with Crippen molar-refractivity contribution in [1.82, 2.24) is 0 Å². The number of hydrogen-bond donors (Lipinski definition) is 0. The Labute approximate surface area is 280 Å². The van der Waals surface area contributed by atoms with Gasteiger partial charge in [0.1, 0.15) is 0 Å². The van der Waals surface area contributed by atoms with Crippen molar-refractivity contribution in [3.8, 4) is 0 Å². The van der Waals surface area contributed by atoms with Crippen LogP contribution in [0.25, 0.3) is 43.1 Å². The van der Waals surface area contributed by atoms with Gasteiger partial charge >= 0.3 is 0 Å². The molecule has 0 aliphatic carbocycles. The summed E-state index contributed by atoms with van der Waals surface area (Å²) in [5, 5.41) is 9.97. The fraction of sp³-hybridized carbons (Fsp3) is 0. The average Bonchev–Trinajstić information content (AvgIpc) is 3.16. The van der Waals surface area contributed by atoms with E-state index in [1.807, 2.05) is 0 Å². The highest BCUT2D eigenvalue weighted by molar-refractivity contribution is 6.28. The quantitative estimate of drug-likeness (QED) is 0.172. The van der Waals surface area contributed by atoms with E-state index < -0.39 is 0 Å². The summed E-state index contributed by atoms with van der Waals surface area (Å²) in [7, 11) is 0. The SMILES string of the molecule is c1ccc(N(c2ccccc2)c2ccc3ccc4ccc5ccc6ccc(N(c7ccccc7)c7ccccc7)cc6c5c4c3c2)cc1. The van der Waals surface area contributed by atoms with E-state index in [9.17, 15) is 0 Å². The van der Waals surface area contributed by atoms with E-state index >= 15 is 0 Å². The molecule has 9 aromatic rings. The van der Waals surface area contributed by atoms with Crippen molar-refractivity contribution in [2.75, 3.05) is 9.80 Å². The third kappa shape index (κ3) is 4.83. The molecule has 0 aliphatic rings. The molecule has 0 saturated heterocycles. The van der Waals surface area contributed by atoms with Crippen molar-refractivity contribution in [1.29, 1.82) is 0 Å². The highest BCUT2D eigenvalue weighted by atomic mass is 15.1.